The van der Waals surface area contributed by atoms with Gasteiger partial charge in [-0.05, 0) is 143 Å². The van der Waals surface area contributed by atoms with Gasteiger partial charge in [0.25, 0.3) is 0 Å². The lowest BCUT2D eigenvalue weighted by Gasteiger charge is -2.38. The smallest absolute Gasteiger partial charge is 0.246 e. The van der Waals surface area contributed by atoms with Gasteiger partial charge in [0.15, 0.2) is 0 Å². The van der Waals surface area contributed by atoms with Crippen molar-refractivity contribution in [3.8, 4) is 10.4 Å². The van der Waals surface area contributed by atoms with Crippen LogP contribution in [0.1, 0.15) is 111 Å². The number of hydrogen-bond acceptors (Lipinski definition) is 19. The van der Waals surface area contributed by atoms with Gasteiger partial charge in [0, 0.05) is 123 Å². The van der Waals surface area contributed by atoms with Crippen molar-refractivity contribution in [2.45, 2.75) is 143 Å². The number of aromatic nitrogens is 1. The fourth-order valence-corrected chi connectivity index (χ4v) is 9.92. The Hall–Kier alpha value is -5.23. The summed E-state index contributed by atoms with van der Waals surface area (Å²) in [7, 11) is 5.80. The third-order valence-corrected chi connectivity index (χ3v) is 16.0. The Morgan fingerprint density at radius 1 is 1.00 bits per heavy atom. The zero-order valence-corrected chi connectivity index (χ0v) is 52.7. The average molecular weight is 1160 g/mol. The number of nitrogens with two attached hydrogens (primary N) is 1. The first-order valence-electron chi connectivity index (χ1n) is 29.1. The van der Waals surface area contributed by atoms with E-state index in [0.717, 1.165) is 115 Å². The highest BCUT2D eigenvalue weighted by Crippen LogP contribution is 2.29. The predicted octanol–water partition coefficient (Wildman–Crippen LogP) is 6.23. The molecule has 2 aromatic rings. The summed E-state index contributed by atoms with van der Waals surface area (Å²) in [6.07, 6.45) is 14.6. The number of benzene rings is 1. The molecule has 3 aliphatic heterocycles. The number of aldehydes is 1. The summed E-state index contributed by atoms with van der Waals surface area (Å²) in [5.74, 6) is -0.0584. The number of likely N-dealkylation sites (tertiary alicyclic amines) is 1. The number of aliphatic hydroxyl groups is 1. The molecule has 0 radical (unpaired) electrons. The van der Waals surface area contributed by atoms with E-state index < -0.39 is 12.1 Å². The van der Waals surface area contributed by atoms with Crippen molar-refractivity contribution in [2.75, 3.05) is 113 Å². The number of hydrogen-bond donors (Lipinski definition) is 6. The maximum atomic E-state index is 12.0. The maximum Gasteiger partial charge on any atom is 0.246 e. The van der Waals surface area contributed by atoms with Gasteiger partial charge in [0.2, 0.25) is 12.3 Å². The number of piperazine rings is 1. The zero-order valence-electron chi connectivity index (χ0n) is 51.9. The number of β-amino-alcohol motifs (C(OH)–C–C–N with tert-alkyl or cyclic N) is 1. The first kappa shape index (κ1) is 72.9. The molecular formula is C61H105N13O7S. The summed E-state index contributed by atoms with van der Waals surface area (Å²) in [6.45, 7) is 37.6. The number of likely N-dealkylation sites (N-methyl/N-ethyl adjacent to an activating group) is 1. The number of rotatable bonds is 32. The fourth-order valence-electron chi connectivity index (χ4n) is 9.11. The van der Waals surface area contributed by atoms with Crippen molar-refractivity contribution in [1.29, 1.82) is 0 Å². The summed E-state index contributed by atoms with van der Waals surface area (Å²) in [5.41, 5.74) is 12.8. The number of aliphatic hydroxyl groups excluding tert-OH is 1. The van der Waals surface area contributed by atoms with Gasteiger partial charge in [-0.15, -0.1) is 11.3 Å². The van der Waals surface area contributed by atoms with Crippen molar-refractivity contribution < 1.29 is 33.7 Å². The number of dihydropyridines is 1. The lowest BCUT2D eigenvalue weighted by atomic mass is 9.88. The molecule has 5 unspecified atom stereocenters. The third-order valence-electron chi connectivity index (χ3n) is 15.0. The van der Waals surface area contributed by atoms with Crippen LogP contribution in [0.3, 0.4) is 0 Å². The monoisotopic (exact) mass is 1160 g/mol. The lowest BCUT2D eigenvalue weighted by molar-refractivity contribution is -0.127. The number of aliphatic imine (C=N–C) groups is 3. The Balaban J connectivity index is 0.000000440. The molecule has 3 aliphatic rings. The highest BCUT2D eigenvalue weighted by atomic mass is 32.1. The van der Waals surface area contributed by atoms with Gasteiger partial charge >= 0.3 is 0 Å². The number of ether oxygens (including phenoxy) is 3. The normalized spacial score (nSPS) is 19.0. The second kappa shape index (κ2) is 40.9. The quantitative estimate of drug-likeness (QED) is 0.0271. The molecule has 0 bridgehead atoms. The van der Waals surface area contributed by atoms with Gasteiger partial charge in [-0.3, -0.25) is 24.6 Å². The number of aryl methyl sites for hydroxylation is 1. The van der Waals surface area contributed by atoms with Crippen LogP contribution in [0.5, 0.6) is 0 Å². The van der Waals surface area contributed by atoms with Crippen LogP contribution in [0, 0.1) is 12.3 Å². The highest BCUT2D eigenvalue weighted by Gasteiger charge is 2.31. The van der Waals surface area contributed by atoms with Gasteiger partial charge in [0.05, 0.1) is 39.5 Å². The Kier molecular flexibility index (Phi) is 36.3. The molecular weight excluding hydrogens is 1060 g/mol. The van der Waals surface area contributed by atoms with E-state index in [0.29, 0.717) is 44.4 Å². The number of allylic oxidation sites excluding steroid dienone is 1. The number of carbonyl (C=O) groups is 3. The van der Waals surface area contributed by atoms with E-state index >= 15 is 0 Å². The first-order chi connectivity index (χ1) is 39.3. The number of nitrogens with zero attached hydrogens (tertiary/aromatic N) is 8. The Morgan fingerprint density at radius 2 is 1.67 bits per heavy atom. The van der Waals surface area contributed by atoms with E-state index in [2.05, 4.69) is 149 Å². The molecule has 462 valence electrons. The molecule has 6 atom stereocenters. The molecule has 0 spiro atoms. The van der Waals surface area contributed by atoms with Crippen molar-refractivity contribution in [1.82, 2.24) is 45.9 Å². The first-order valence-corrected chi connectivity index (χ1v) is 30.0. The number of amides is 2. The van der Waals surface area contributed by atoms with Gasteiger partial charge in [0.1, 0.15) is 24.8 Å². The molecule has 0 aliphatic carbocycles. The Bertz CT molecular complexity index is 2210. The predicted molar refractivity (Wildman–Crippen MR) is 338 cm³/mol. The van der Waals surface area contributed by atoms with Crippen LogP contribution in [0.15, 0.2) is 80.7 Å². The molecule has 5 rings (SSSR count). The minimum Gasteiger partial charge on any atom is -0.405 e. The minimum absolute atomic E-state index is 0.0408. The topological polar surface area (TPSA) is 236 Å². The molecule has 1 aromatic carbocycles. The van der Waals surface area contributed by atoms with Crippen molar-refractivity contribution in [3.05, 3.63) is 77.0 Å². The molecule has 2 amide bonds. The summed E-state index contributed by atoms with van der Waals surface area (Å²) >= 11 is 1.70. The molecule has 4 heterocycles. The molecule has 1 aromatic heterocycles. The molecule has 82 heavy (non-hydrogen) atoms. The average Bonchev–Trinajstić information content (AvgIpc) is 4.16. The molecule has 7 N–H and O–H groups in total. The number of nitrogens with one attached hydrogen (secondary N) is 4. The van der Waals surface area contributed by atoms with Crippen LogP contribution in [0.25, 0.3) is 10.4 Å². The number of thiazole rings is 1. The Morgan fingerprint density at radius 3 is 2.21 bits per heavy atom. The lowest BCUT2D eigenvalue weighted by Crippen LogP contribution is -2.48. The SMILES string of the molecule is C=NC1=CNC(N=C)C=C1N(CC)C(C)C.CNC(C)c1ccc(-c2scnc2C)cc1.CNCCC(CCN=C/C=C/N)(CCN1CCN(CCCOCCCOCC(=O)NC(C)C(C)(C)C)CC1)OC.O=CC1C[C@@H](O)CN1C=O. The molecule has 2 fully saturated rings. The molecule has 0 saturated carbocycles. The van der Waals surface area contributed by atoms with Crippen molar-refractivity contribution in [3.63, 3.8) is 0 Å². The van der Waals surface area contributed by atoms with E-state index in [4.69, 9.17) is 25.1 Å². The van der Waals surface area contributed by atoms with E-state index in [1.54, 1.807) is 23.6 Å². The van der Waals surface area contributed by atoms with E-state index in [1.165, 1.54) is 27.1 Å². The second-order valence-electron chi connectivity index (χ2n) is 22.1. The highest BCUT2D eigenvalue weighted by molar-refractivity contribution is 7.13. The second-order valence-corrected chi connectivity index (χ2v) is 23.0. The summed E-state index contributed by atoms with van der Waals surface area (Å²) in [6, 6.07) is 9.21. The maximum absolute atomic E-state index is 12.0. The van der Waals surface area contributed by atoms with Gasteiger partial charge < -0.3 is 70.7 Å². The molecule has 2 saturated heterocycles. The number of carbonyl (C=O) groups excluding carboxylic acids is 3. The van der Waals surface area contributed by atoms with Gasteiger partial charge in [-0.1, -0.05) is 45.0 Å². The van der Waals surface area contributed by atoms with Crippen LogP contribution < -0.4 is 27.0 Å². The summed E-state index contributed by atoms with van der Waals surface area (Å²) in [5, 5.41) is 21.6. The van der Waals surface area contributed by atoms with Gasteiger partial charge in [-0.2, -0.15) is 0 Å². The van der Waals surface area contributed by atoms with Crippen LogP contribution in [-0.2, 0) is 28.6 Å². The van der Waals surface area contributed by atoms with Crippen molar-refractivity contribution in [2.24, 2.45) is 26.1 Å². The summed E-state index contributed by atoms with van der Waals surface area (Å²) in [4.78, 5) is 59.0. The fraction of sp³-hybridized carbons (Fsp3) is 0.656. The minimum atomic E-state index is -0.527. The Labute approximate surface area is 496 Å². The standard InChI is InChI=1S/C30H60N6O4.C13H16N2S.C12H20N4.C6H9NO3/c1-27(29(2,3)4)34-28(37)26-40-25-9-24-39-23-8-17-35-19-21-36(22-20-35)18-12-30(38-6,10-15-32-5)11-16-33-14-7-13-31;1-9(14-3)11-4-6-12(7-5-11)13-10(2)15-8-16-13;1-6-16(9(2)3)11-7-12(14-5)15-8-10(11)13-4;8-3-5-1-6(10)2-7(5)4-9/h7,13-14,27,32H,8-12,15-26,31H2,1-6H3,(H,34,37);4-9,14H,1-3H3;7-9,12,15H,4-6H2,1-3H3;3-6,10H,1-2H2/b13-7+,33-14?;;;/t;;;5?,6-/m...1/s1. The van der Waals surface area contributed by atoms with Crippen LogP contribution in [0.4, 0.5) is 0 Å². The zero-order chi connectivity index (χ0) is 60.9. The van der Waals surface area contributed by atoms with E-state index in [9.17, 15) is 14.4 Å². The van der Waals surface area contributed by atoms with E-state index in [-0.39, 0.29) is 42.3 Å². The largest absolute Gasteiger partial charge is 0.405 e. The third kappa shape index (κ3) is 27.4. The molecule has 20 nitrogen and oxygen atoms in total. The van der Waals surface area contributed by atoms with Crippen LogP contribution in [-0.4, -0.2) is 217 Å². The number of methoxy groups -OCH3 is 1. The van der Waals surface area contributed by atoms with Crippen molar-refractivity contribution >= 4 is 49.6 Å². The van der Waals surface area contributed by atoms with Crippen LogP contribution >= 0.6 is 11.3 Å². The molecule has 21 heteroatoms. The van der Waals surface area contributed by atoms with Gasteiger partial charge in [-0.25, -0.2) is 4.98 Å². The van der Waals surface area contributed by atoms with E-state index in [1.807, 2.05) is 45.9 Å². The summed E-state index contributed by atoms with van der Waals surface area (Å²) < 4.78 is 17.3. The van der Waals surface area contributed by atoms with Crippen LogP contribution in [0.2, 0.25) is 0 Å².